The second-order valence-electron chi connectivity index (χ2n) is 3.96. The minimum Gasteiger partial charge on any atom is -0.478 e. The van der Waals surface area contributed by atoms with Crippen molar-refractivity contribution in [3.63, 3.8) is 0 Å². The molecule has 0 spiro atoms. The Labute approximate surface area is 109 Å². The molecule has 94 valence electrons. The van der Waals surface area contributed by atoms with Crippen molar-refractivity contribution in [1.82, 2.24) is 4.98 Å². The number of carbonyl (C=O) groups is 1. The third-order valence-electron chi connectivity index (χ3n) is 2.66. The van der Waals surface area contributed by atoms with Gasteiger partial charge in [-0.3, -0.25) is 0 Å². The smallest absolute Gasteiger partial charge is 0.339 e. The predicted octanol–water partition coefficient (Wildman–Crippen LogP) is 2.80. The lowest BCUT2D eigenvalue weighted by Gasteiger charge is -2.09. The van der Waals surface area contributed by atoms with Crippen LogP contribution in [-0.4, -0.2) is 22.6 Å². The summed E-state index contributed by atoms with van der Waals surface area (Å²) in [5, 5.41) is 16.4. The van der Waals surface area contributed by atoms with Crippen LogP contribution in [0.3, 0.4) is 0 Å². The van der Waals surface area contributed by atoms with Gasteiger partial charge >= 0.3 is 5.97 Å². The van der Waals surface area contributed by atoms with Crippen molar-refractivity contribution >= 4 is 23.1 Å². The molecule has 4 nitrogen and oxygen atoms in total. The molecule has 2 aromatic heterocycles. The molecule has 5 heteroatoms. The molecule has 0 bridgehead atoms. The van der Waals surface area contributed by atoms with Gasteiger partial charge in [-0.15, -0.1) is 0 Å². The summed E-state index contributed by atoms with van der Waals surface area (Å²) in [5.41, 5.74) is 2.22. The van der Waals surface area contributed by atoms with Gasteiger partial charge in [-0.1, -0.05) is 0 Å². The average molecular weight is 262 g/mol. The molecule has 0 atom stereocenters. The van der Waals surface area contributed by atoms with Gasteiger partial charge in [-0.2, -0.15) is 11.3 Å². The number of aromatic nitrogens is 1. The van der Waals surface area contributed by atoms with Crippen LogP contribution in [0.4, 0.5) is 5.82 Å². The average Bonchev–Trinajstić information content (AvgIpc) is 2.81. The van der Waals surface area contributed by atoms with Gasteiger partial charge in [0.05, 0.1) is 0 Å². The number of hydrogen-bond acceptors (Lipinski definition) is 4. The second kappa shape index (κ2) is 5.64. The van der Waals surface area contributed by atoms with Gasteiger partial charge in [0.1, 0.15) is 11.4 Å². The molecule has 0 fully saturated rings. The van der Waals surface area contributed by atoms with Gasteiger partial charge in [0, 0.05) is 12.7 Å². The Kier molecular flexibility index (Phi) is 3.94. The highest BCUT2D eigenvalue weighted by molar-refractivity contribution is 7.07. The van der Waals surface area contributed by atoms with Crippen LogP contribution in [0.25, 0.3) is 0 Å². The number of thiophene rings is 1. The van der Waals surface area contributed by atoms with Crippen LogP contribution in [0, 0.1) is 6.92 Å². The molecule has 0 amide bonds. The van der Waals surface area contributed by atoms with Crippen LogP contribution in [0.15, 0.2) is 29.1 Å². The minimum absolute atomic E-state index is 0.253. The van der Waals surface area contributed by atoms with Crippen molar-refractivity contribution in [2.24, 2.45) is 0 Å². The van der Waals surface area contributed by atoms with Crippen LogP contribution < -0.4 is 5.32 Å². The largest absolute Gasteiger partial charge is 0.478 e. The van der Waals surface area contributed by atoms with E-state index in [2.05, 4.69) is 21.7 Å². The summed E-state index contributed by atoms with van der Waals surface area (Å²) in [4.78, 5) is 15.2. The summed E-state index contributed by atoms with van der Waals surface area (Å²) >= 11 is 1.66. The van der Waals surface area contributed by atoms with Gasteiger partial charge < -0.3 is 10.4 Å². The van der Waals surface area contributed by atoms with Crippen LogP contribution >= 0.6 is 11.3 Å². The summed E-state index contributed by atoms with van der Waals surface area (Å²) in [6, 6.07) is 3.77. The summed E-state index contributed by atoms with van der Waals surface area (Å²) in [5.74, 6) is -0.503. The Morgan fingerprint density at radius 2 is 2.33 bits per heavy atom. The van der Waals surface area contributed by atoms with Crippen molar-refractivity contribution in [2.45, 2.75) is 13.3 Å². The van der Waals surface area contributed by atoms with E-state index in [1.807, 2.05) is 5.38 Å². The molecular formula is C13H14N2O2S. The second-order valence-corrected chi connectivity index (χ2v) is 4.75. The summed E-state index contributed by atoms with van der Waals surface area (Å²) in [6.45, 7) is 2.45. The molecule has 2 heterocycles. The first-order valence-corrected chi connectivity index (χ1v) is 6.56. The third kappa shape index (κ3) is 2.87. The van der Waals surface area contributed by atoms with Crippen LogP contribution in [-0.2, 0) is 6.42 Å². The first-order valence-electron chi connectivity index (χ1n) is 5.62. The molecule has 0 radical (unpaired) electrons. The maximum atomic E-state index is 11.2. The Morgan fingerprint density at radius 3 is 3.00 bits per heavy atom. The van der Waals surface area contributed by atoms with Gasteiger partial charge in [-0.05, 0) is 47.4 Å². The van der Waals surface area contributed by atoms with E-state index in [1.54, 1.807) is 30.5 Å². The zero-order valence-corrected chi connectivity index (χ0v) is 10.8. The first-order chi connectivity index (χ1) is 8.68. The number of rotatable bonds is 5. The molecule has 2 N–H and O–H groups in total. The van der Waals surface area contributed by atoms with E-state index in [1.165, 1.54) is 5.56 Å². The lowest BCUT2D eigenvalue weighted by molar-refractivity contribution is 0.0697. The minimum atomic E-state index is -0.946. The van der Waals surface area contributed by atoms with E-state index < -0.39 is 5.97 Å². The van der Waals surface area contributed by atoms with Crippen LogP contribution in [0.2, 0.25) is 0 Å². The summed E-state index contributed by atoms with van der Waals surface area (Å²) in [6.07, 6.45) is 2.48. The first kappa shape index (κ1) is 12.6. The Hall–Kier alpha value is -1.88. The molecule has 0 unspecified atom stereocenters. The van der Waals surface area contributed by atoms with Gasteiger partial charge in [0.25, 0.3) is 0 Å². The van der Waals surface area contributed by atoms with Gasteiger partial charge in [0.2, 0.25) is 0 Å². The topological polar surface area (TPSA) is 62.2 Å². The third-order valence-corrected chi connectivity index (χ3v) is 3.39. The summed E-state index contributed by atoms with van der Waals surface area (Å²) < 4.78 is 0. The lowest BCUT2D eigenvalue weighted by atomic mass is 10.1. The lowest BCUT2D eigenvalue weighted by Crippen LogP contribution is -2.12. The molecule has 0 aliphatic heterocycles. The van der Waals surface area contributed by atoms with Crippen molar-refractivity contribution < 1.29 is 9.90 Å². The van der Waals surface area contributed by atoms with Gasteiger partial charge in [0.15, 0.2) is 0 Å². The van der Waals surface area contributed by atoms with Crippen molar-refractivity contribution in [3.8, 4) is 0 Å². The Balaban J connectivity index is 2.05. The molecule has 18 heavy (non-hydrogen) atoms. The van der Waals surface area contributed by atoms with Crippen LogP contribution in [0.1, 0.15) is 21.5 Å². The number of pyridine rings is 1. The zero-order chi connectivity index (χ0) is 13.0. The number of carboxylic acid groups (broad SMARTS) is 1. The fourth-order valence-electron chi connectivity index (χ4n) is 1.72. The SMILES string of the molecule is Cc1ccnc(NCCc2ccsc2)c1C(=O)O. The van der Waals surface area contributed by atoms with E-state index in [4.69, 9.17) is 5.11 Å². The maximum absolute atomic E-state index is 11.2. The van der Waals surface area contributed by atoms with Crippen molar-refractivity contribution in [1.29, 1.82) is 0 Å². The number of nitrogens with one attached hydrogen (secondary N) is 1. The zero-order valence-electron chi connectivity index (χ0n) is 10.0. The van der Waals surface area contributed by atoms with Crippen molar-refractivity contribution in [2.75, 3.05) is 11.9 Å². The number of aryl methyl sites for hydroxylation is 1. The summed E-state index contributed by atoms with van der Waals surface area (Å²) in [7, 11) is 0. The molecule has 0 aromatic carbocycles. The maximum Gasteiger partial charge on any atom is 0.339 e. The molecular weight excluding hydrogens is 248 g/mol. The molecule has 2 aromatic rings. The normalized spacial score (nSPS) is 10.3. The highest BCUT2D eigenvalue weighted by Gasteiger charge is 2.13. The fraction of sp³-hybridized carbons (Fsp3) is 0.231. The number of carboxylic acids is 1. The van der Waals surface area contributed by atoms with Crippen LogP contribution in [0.5, 0.6) is 0 Å². The van der Waals surface area contributed by atoms with E-state index in [9.17, 15) is 4.79 Å². The quantitative estimate of drug-likeness (QED) is 0.869. The van der Waals surface area contributed by atoms with E-state index in [0.29, 0.717) is 12.4 Å². The van der Waals surface area contributed by atoms with Gasteiger partial charge in [-0.25, -0.2) is 9.78 Å². The highest BCUT2D eigenvalue weighted by Crippen LogP contribution is 2.16. The number of hydrogen-bond donors (Lipinski definition) is 2. The van der Waals surface area contributed by atoms with E-state index >= 15 is 0 Å². The molecule has 0 aliphatic carbocycles. The molecule has 2 rings (SSSR count). The predicted molar refractivity (Wildman–Crippen MR) is 72.4 cm³/mol. The number of aromatic carboxylic acids is 1. The van der Waals surface area contributed by atoms with E-state index in [0.717, 1.165) is 12.0 Å². The molecule has 0 saturated heterocycles. The molecule has 0 saturated carbocycles. The standard InChI is InChI=1S/C13H14N2O2S/c1-9-2-5-14-12(11(9)13(16)17)15-6-3-10-4-7-18-8-10/h2,4-5,7-8H,3,6H2,1H3,(H,14,15)(H,16,17). The Bertz CT molecular complexity index is 538. The number of anilines is 1. The monoisotopic (exact) mass is 262 g/mol. The molecule has 0 aliphatic rings. The fourth-order valence-corrected chi connectivity index (χ4v) is 2.43. The Morgan fingerprint density at radius 1 is 1.50 bits per heavy atom. The van der Waals surface area contributed by atoms with E-state index in [-0.39, 0.29) is 5.56 Å². The van der Waals surface area contributed by atoms with Crippen molar-refractivity contribution in [3.05, 3.63) is 45.8 Å². The number of nitrogens with zero attached hydrogens (tertiary/aromatic N) is 1. The highest BCUT2D eigenvalue weighted by atomic mass is 32.1.